The van der Waals surface area contributed by atoms with Gasteiger partial charge in [0.25, 0.3) is 0 Å². The average molecular weight is 302 g/mol. The fraction of sp³-hybridized carbons (Fsp3) is 0.267. The average Bonchev–Trinajstić information content (AvgIpc) is 2.54. The van der Waals surface area contributed by atoms with Gasteiger partial charge in [0.2, 0.25) is 0 Å². The molecule has 0 spiro atoms. The molecule has 7 heteroatoms. The molecule has 2 N–H and O–H groups in total. The molecule has 0 atom stereocenters. The van der Waals surface area contributed by atoms with Crippen LogP contribution in [-0.2, 0) is 6.54 Å². The van der Waals surface area contributed by atoms with Gasteiger partial charge in [0.05, 0.1) is 38.3 Å². The van der Waals surface area contributed by atoms with E-state index in [1.54, 1.807) is 44.8 Å². The molecule has 1 aromatic heterocycles. The molecular weight excluding hydrogens is 284 g/mol. The Kier molecular flexibility index (Phi) is 5.13. The molecular formula is C15H18N4O3. The lowest BCUT2D eigenvalue weighted by Crippen LogP contribution is -2.28. The fourth-order valence-electron chi connectivity index (χ4n) is 1.74. The summed E-state index contributed by atoms with van der Waals surface area (Å²) in [4.78, 5) is 20.2. The number of carbonyl (C=O) groups excluding carboxylic acids is 1. The van der Waals surface area contributed by atoms with Crippen LogP contribution in [0.4, 0.5) is 10.5 Å². The van der Waals surface area contributed by atoms with E-state index < -0.39 is 0 Å². The summed E-state index contributed by atoms with van der Waals surface area (Å²) in [7, 11) is 3.10. The number of hydrogen-bond acceptors (Lipinski definition) is 5. The molecule has 2 amide bonds. The Morgan fingerprint density at radius 3 is 2.32 bits per heavy atom. The molecule has 22 heavy (non-hydrogen) atoms. The van der Waals surface area contributed by atoms with Gasteiger partial charge in [-0.3, -0.25) is 9.97 Å². The number of ether oxygens (including phenoxy) is 2. The van der Waals surface area contributed by atoms with Gasteiger partial charge in [-0.1, -0.05) is 0 Å². The number of carbonyl (C=O) groups is 1. The van der Waals surface area contributed by atoms with Crippen molar-refractivity contribution in [1.82, 2.24) is 15.3 Å². The van der Waals surface area contributed by atoms with Crippen LogP contribution >= 0.6 is 0 Å². The summed E-state index contributed by atoms with van der Waals surface area (Å²) in [6, 6.07) is 4.78. The molecule has 0 saturated heterocycles. The molecule has 1 aromatic carbocycles. The highest BCUT2D eigenvalue weighted by atomic mass is 16.5. The van der Waals surface area contributed by atoms with E-state index in [9.17, 15) is 4.79 Å². The molecule has 116 valence electrons. The van der Waals surface area contributed by atoms with Gasteiger partial charge in [-0.15, -0.1) is 0 Å². The molecule has 2 aromatic rings. The number of nitrogens with one attached hydrogen (secondary N) is 2. The summed E-state index contributed by atoms with van der Waals surface area (Å²) in [6.07, 6.45) is 3.28. The van der Waals surface area contributed by atoms with Crippen molar-refractivity contribution in [2.24, 2.45) is 0 Å². The van der Waals surface area contributed by atoms with Crippen LogP contribution in [0.2, 0.25) is 0 Å². The Morgan fingerprint density at radius 1 is 1.09 bits per heavy atom. The van der Waals surface area contributed by atoms with Crippen LogP contribution in [0.1, 0.15) is 11.4 Å². The third kappa shape index (κ3) is 4.34. The second kappa shape index (κ2) is 7.26. The maximum Gasteiger partial charge on any atom is 0.319 e. The number of benzene rings is 1. The van der Waals surface area contributed by atoms with E-state index in [1.165, 1.54) is 0 Å². The molecule has 0 aliphatic rings. The maximum atomic E-state index is 11.9. The van der Waals surface area contributed by atoms with Gasteiger partial charge in [0.15, 0.2) is 0 Å². The van der Waals surface area contributed by atoms with Gasteiger partial charge in [0, 0.05) is 30.1 Å². The summed E-state index contributed by atoms with van der Waals surface area (Å²) in [5, 5.41) is 5.42. The van der Waals surface area contributed by atoms with Gasteiger partial charge < -0.3 is 20.1 Å². The molecule has 0 fully saturated rings. The third-order valence-electron chi connectivity index (χ3n) is 2.87. The largest absolute Gasteiger partial charge is 0.497 e. The summed E-state index contributed by atoms with van der Waals surface area (Å²) in [6.45, 7) is 2.15. The lowest BCUT2D eigenvalue weighted by molar-refractivity contribution is 0.251. The summed E-state index contributed by atoms with van der Waals surface area (Å²) in [5.41, 5.74) is 2.09. The number of methoxy groups -OCH3 is 2. The molecule has 0 aliphatic heterocycles. The van der Waals surface area contributed by atoms with Crippen LogP contribution in [0.15, 0.2) is 30.6 Å². The Hall–Kier alpha value is -2.83. The minimum absolute atomic E-state index is 0.292. The Morgan fingerprint density at radius 2 is 1.77 bits per heavy atom. The zero-order valence-corrected chi connectivity index (χ0v) is 12.7. The Balaban J connectivity index is 1.95. The molecule has 0 saturated carbocycles. The van der Waals surface area contributed by atoms with E-state index in [0.717, 1.165) is 5.69 Å². The van der Waals surface area contributed by atoms with Crippen molar-refractivity contribution in [3.8, 4) is 11.5 Å². The first-order valence-electron chi connectivity index (χ1n) is 6.66. The van der Waals surface area contributed by atoms with Crippen molar-refractivity contribution in [1.29, 1.82) is 0 Å². The van der Waals surface area contributed by atoms with Crippen molar-refractivity contribution < 1.29 is 14.3 Å². The number of rotatable bonds is 5. The number of amides is 2. The fourth-order valence-corrected chi connectivity index (χ4v) is 1.74. The lowest BCUT2D eigenvalue weighted by atomic mass is 10.3. The van der Waals surface area contributed by atoms with E-state index in [-0.39, 0.29) is 6.03 Å². The number of nitrogens with zero attached hydrogens (tertiary/aromatic N) is 2. The van der Waals surface area contributed by atoms with Gasteiger partial charge in [-0.2, -0.15) is 0 Å². The van der Waals surface area contributed by atoms with Crippen molar-refractivity contribution >= 4 is 11.7 Å². The van der Waals surface area contributed by atoms with Gasteiger partial charge in [0.1, 0.15) is 11.5 Å². The highest BCUT2D eigenvalue weighted by Gasteiger charge is 2.06. The first-order chi connectivity index (χ1) is 10.6. The van der Waals surface area contributed by atoms with Gasteiger partial charge >= 0.3 is 6.03 Å². The van der Waals surface area contributed by atoms with Crippen LogP contribution in [0, 0.1) is 6.92 Å². The van der Waals surface area contributed by atoms with Crippen LogP contribution in [-0.4, -0.2) is 30.2 Å². The van der Waals surface area contributed by atoms with Crippen molar-refractivity contribution in [3.63, 3.8) is 0 Å². The second-order valence-electron chi connectivity index (χ2n) is 4.56. The van der Waals surface area contributed by atoms with Crippen molar-refractivity contribution in [2.45, 2.75) is 13.5 Å². The quantitative estimate of drug-likeness (QED) is 0.883. The van der Waals surface area contributed by atoms with Crippen LogP contribution in [0.25, 0.3) is 0 Å². The number of urea groups is 1. The van der Waals surface area contributed by atoms with E-state index >= 15 is 0 Å². The smallest absolute Gasteiger partial charge is 0.319 e. The molecule has 0 bridgehead atoms. The highest BCUT2D eigenvalue weighted by molar-refractivity contribution is 5.89. The summed E-state index contributed by atoms with van der Waals surface area (Å²) in [5.74, 6) is 1.19. The lowest BCUT2D eigenvalue weighted by Gasteiger charge is -2.10. The molecule has 2 rings (SSSR count). The van der Waals surface area contributed by atoms with Crippen molar-refractivity contribution in [2.75, 3.05) is 19.5 Å². The normalized spacial score (nSPS) is 9.95. The number of aryl methyl sites for hydroxylation is 1. The monoisotopic (exact) mass is 302 g/mol. The Labute approximate surface area is 128 Å². The van der Waals surface area contributed by atoms with Gasteiger partial charge in [-0.05, 0) is 6.92 Å². The molecule has 0 radical (unpaired) electrons. The maximum absolute atomic E-state index is 11.9. The topological polar surface area (TPSA) is 85.4 Å². The van der Waals surface area contributed by atoms with E-state index in [0.29, 0.717) is 29.4 Å². The first kappa shape index (κ1) is 15.6. The van der Waals surface area contributed by atoms with E-state index in [1.807, 2.05) is 6.92 Å². The molecule has 7 nitrogen and oxygen atoms in total. The highest BCUT2D eigenvalue weighted by Crippen LogP contribution is 2.25. The van der Waals surface area contributed by atoms with Gasteiger partial charge in [-0.25, -0.2) is 4.79 Å². The third-order valence-corrected chi connectivity index (χ3v) is 2.87. The van der Waals surface area contributed by atoms with Crippen molar-refractivity contribution in [3.05, 3.63) is 42.0 Å². The number of anilines is 1. The van der Waals surface area contributed by atoms with Crippen LogP contribution in [0.3, 0.4) is 0 Å². The SMILES string of the molecule is COc1cc(NC(=O)NCc2cnc(C)cn2)cc(OC)c1. The van der Waals surface area contributed by atoms with Crippen LogP contribution < -0.4 is 20.1 Å². The number of hydrogen-bond donors (Lipinski definition) is 2. The second-order valence-corrected chi connectivity index (χ2v) is 4.56. The molecule has 0 unspecified atom stereocenters. The predicted octanol–water partition coefficient (Wildman–Crippen LogP) is 2.12. The minimum atomic E-state index is -0.349. The van der Waals surface area contributed by atoms with Crippen LogP contribution in [0.5, 0.6) is 11.5 Å². The number of aromatic nitrogens is 2. The Bertz CT molecular complexity index is 621. The predicted molar refractivity (Wildman–Crippen MR) is 82.2 cm³/mol. The molecule has 1 heterocycles. The summed E-state index contributed by atoms with van der Waals surface area (Å²) >= 11 is 0. The zero-order valence-electron chi connectivity index (χ0n) is 12.7. The standard InChI is InChI=1S/C15H18N4O3/c1-10-7-17-12(8-16-10)9-18-15(20)19-11-4-13(21-2)6-14(5-11)22-3/h4-8H,9H2,1-3H3,(H2,18,19,20). The minimum Gasteiger partial charge on any atom is -0.497 e. The van der Waals surface area contributed by atoms with E-state index in [2.05, 4.69) is 20.6 Å². The zero-order chi connectivity index (χ0) is 15.9. The summed E-state index contributed by atoms with van der Waals surface area (Å²) < 4.78 is 10.3. The first-order valence-corrected chi connectivity index (χ1v) is 6.66. The molecule has 0 aliphatic carbocycles. The van der Waals surface area contributed by atoms with E-state index in [4.69, 9.17) is 9.47 Å².